The van der Waals surface area contributed by atoms with Crippen molar-refractivity contribution in [2.24, 2.45) is 5.73 Å². The average molecular weight is 259 g/mol. The summed E-state index contributed by atoms with van der Waals surface area (Å²) >= 11 is 0. The molecular formula is C13H17N5O. The quantitative estimate of drug-likeness (QED) is 0.877. The van der Waals surface area contributed by atoms with E-state index >= 15 is 0 Å². The number of hydrogen-bond donors (Lipinski definition) is 1. The summed E-state index contributed by atoms with van der Waals surface area (Å²) in [6.45, 7) is 3.70. The molecular weight excluding hydrogens is 242 g/mol. The second kappa shape index (κ2) is 4.97. The molecule has 100 valence electrons. The van der Waals surface area contributed by atoms with Crippen molar-refractivity contribution in [2.45, 2.75) is 25.8 Å². The molecule has 2 aromatic heterocycles. The maximum absolute atomic E-state index is 5.92. The van der Waals surface area contributed by atoms with Crippen LogP contribution in [0.3, 0.4) is 0 Å². The summed E-state index contributed by atoms with van der Waals surface area (Å²) in [4.78, 5) is 10.9. The molecule has 0 amide bonds. The second-order valence-electron chi connectivity index (χ2n) is 4.87. The van der Waals surface area contributed by atoms with E-state index in [0.29, 0.717) is 17.8 Å². The molecule has 0 spiro atoms. The van der Waals surface area contributed by atoms with Gasteiger partial charge >= 0.3 is 0 Å². The van der Waals surface area contributed by atoms with Gasteiger partial charge in [0.05, 0.1) is 0 Å². The first-order chi connectivity index (χ1) is 9.22. The number of pyridine rings is 1. The number of aryl methyl sites for hydroxylation is 1. The van der Waals surface area contributed by atoms with Crippen molar-refractivity contribution in [1.29, 1.82) is 0 Å². The van der Waals surface area contributed by atoms with Crippen molar-refractivity contribution in [3.05, 3.63) is 24.2 Å². The van der Waals surface area contributed by atoms with Crippen LogP contribution in [0.15, 0.2) is 22.9 Å². The molecule has 3 rings (SSSR count). The van der Waals surface area contributed by atoms with Crippen LogP contribution >= 0.6 is 0 Å². The van der Waals surface area contributed by atoms with Gasteiger partial charge in [-0.1, -0.05) is 5.16 Å². The van der Waals surface area contributed by atoms with E-state index in [2.05, 4.69) is 20.0 Å². The van der Waals surface area contributed by atoms with Gasteiger partial charge in [-0.15, -0.1) is 0 Å². The lowest BCUT2D eigenvalue weighted by atomic mass is 10.1. The van der Waals surface area contributed by atoms with E-state index in [0.717, 1.165) is 37.3 Å². The normalized spacial score (nSPS) is 16.8. The molecule has 6 heteroatoms. The maximum Gasteiger partial charge on any atom is 0.258 e. The third-order valence-corrected chi connectivity index (χ3v) is 3.38. The Bertz CT molecular complexity index is 560. The summed E-state index contributed by atoms with van der Waals surface area (Å²) in [5, 5.41) is 3.81. The van der Waals surface area contributed by atoms with Gasteiger partial charge < -0.3 is 15.2 Å². The van der Waals surface area contributed by atoms with E-state index in [1.54, 1.807) is 13.1 Å². The molecule has 0 saturated carbocycles. The minimum atomic E-state index is 0.318. The first-order valence-electron chi connectivity index (χ1n) is 6.49. The zero-order valence-electron chi connectivity index (χ0n) is 10.9. The van der Waals surface area contributed by atoms with E-state index in [1.807, 2.05) is 12.1 Å². The number of piperidine rings is 1. The topological polar surface area (TPSA) is 81.1 Å². The molecule has 1 aliphatic rings. The van der Waals surface area contributed by atoms with Gasteiger partial charge in [-0.05, 0) is 31.9 Å². The Hall–Kier alpha value is -1.95. The van der Waals surface area contributed by atoms with Crippen LogP contribution < -0.4 is 10.6 Å². The summed E-state index contributed by atoms with van der Waals surface area (Å²) in [6, 6.07) is 4.19. The average Bonchev–Trinajstić information content (AvgIpc) is 2.86. The summed E-state index contributed by atoms with van der Waals surface area (Å²) < 4.78 is 5.18. The molecule has 1 saturated heterocycles. The Balaban J connectivity index is 1.84. The number of nitrogens with two attached hydrogens (primary N) is 1. The van der Waals surface area contributed by atoms with Gasteiger partial charge in [-0.2, -0.15) is 4.98 Å². The highest BCUT2D eigenvalue weighted by molar-refractivity contribution is 5.58. The van der Waals surface area contributed by atoms with E-state index in [4.69, 9.17) is 10.3 Å². The van der Waals surface area contributed by atoms with Gasteiger partial charge in [0.1, 0.15) is 5.82 Å². The van der Waals surface area contributed by atoms with E-state index in [1.165, 1.54) is 0 Å². The smallest absolute Gasteiger partial charge is 0.258 e. The fourth-order valence-electron chi connectivity index (χ4n) is 2.27. The Morgan fingerprint density at radius 1 is 1.37 bits per heavy atom. The number of anilines is 1. The fourth-order valence-corrected chi connectivity index (χ4v) is 2.27. The maximum atomic E-state index is 5.92. The number of rotatable bonds is 2. The lowest BCUT2D eigenvalue weighted by Crippen LogP contribution is -2.40. The van der Waals surface area contributed by atoms with Crippen LogP contribution in [0.4, 0.5) is 5.82 Å². The van der Waals surface area contributed by atoms with Crippen molar-refractivity contribution in [3.8, 4) is 11.5 Å². The lowest BCUT2D eigenvalue weighted by molar-refractivity contribution is 0.425. The second-order valence-corrected chi connectivity index (χ2v) is 4.87. The highest BCUT2D eigenvalue weighted by atomic mass is 16.5. The Kier molecular flexibility index (Phi) is 3.16. The fraction of sp³-hybridized carbons (Fsp3) is 0.462. The van der Waals surface area contributed by atoms with Crippen LogP contribution in [0, 0.1) is 6.92 Å². The van der Waals surface area contributed by atoms with E-state index in [9.17, 15) is 0 Å². The van der Waals surface area contributed by atoms with E-state index < -0.39 is 0 Å². The zero-order chi connectivity index (χ0) is 13.2. The highest BCUT2D eigenvalue weighted by Crippen LogP contribution is 2.23. The molecule has 19 heavy (non-hydrogen) atoms. The van der Waals surface area contributed by atoms with Crippen molar-refractivity contribution >= 4 is 5.82 Å². The van der Waals surface area contributed by atoms with Crippen LogP contribution in [0.1, 0.15) is 18.7 Å². The van der Waals surface area contributed by atoms with Crippen LogP contribution in [-0.4, -0.2) is 34.3 Å². The molecule has 0 bridgehead atoms. The largest absolute Gasteiger partial charge is 0.356 e. The third-order valence-electron chi connectivity index (χ3n) is 3.38. The van der Waals surface area contributed by atoms with E-state index in [-0.39, 0.29) is 0 Å². The van der Waals surface area contributed by atoms with Crippen molar-refractivity contribution in [2.75, 3.05) is 18.0 Å². The third kappa shape index (κ3) is 2.58. The molecule has 0 unspecified atom stereocenters. The molecule has 0 atom stereocenters. The molecule has 2 aromatic rings. The Labute approximate surface area is 111 Å². The van der Waals surface area contributed by atoms with Crippen molar-refractivity contribution in [3.63, 3.8) is 0 Å². The van der Waals surface area contributed by atoms with Gasteiger partial charge in [-0.25, -0.2) is 4.98 Å². The van der Waals surface area contributed by atoms with Gasteiger partial charge in [0.25, 0.3) is 5.89 Å². The molecule has 6 nitrogen and oxygen atoms in total. The SMILES string of the molecule is Cc1noc(-c2ccnc(N3CCC(N)CC3)c2)n1. The Morgan fingerprint density at radius 2 is 2.16 bits per heavy atom. The zero-order valence-corrected chi connectivity index (χ0v) is 10.9. The number of nitrogens with zero attached hydrogens (tertiary/aromatic N) is 4. The predicted octanol–water partition coefficient (Wildman–Crippen LogP) is 1.37. The molecule has 2 N–H and O–H groups in total. The predicted molar refractivity (Wildman–Crippen MR) is 71.7 cm³/mol. The molecule has 1 fully saturated rings. The van der Waals surface area contributed by atoms with Crippen molar-refractivity contribution in [1.82, 2.24) is 15.1 Å². The molecule has 0 aliphatic carbocycles. The minimum Gasteiger partial charge on any atom is -0.356 e. The summed E-state index contributed by atoms with van der Waals surface area (Å²) in [5.74, 6) is 2.12. The summed E-state index contributed by atoms with van der Waals surface area (Å²) in [7, 11) is 0. The lowest BCUT2D eigenvalue weighted by Gasteiger charge is -2.31. The first kappa shape index (κ1) is 12.1. The number of hydrogen-bond acceptors (Lipinski definition) is 6. The van der Waals surface area contributed by atoms with Crippen LogP contribution in [-0.2, 0) is 0 Å². The number of aromatic nitrogens is 3. The monoisotopic (exact) mass is 259 g/mol. The van der Waals surface area contributed by atoms with Crippen LogP contribution in [0.2, 0.25) is 0 Å². The minimum absolute atomic E-state index is 0.318. The first-order valence-corrected chi connectivity index (χ1v) is 6.49. The Morgan fingerprint density at radius 3 is 2.84 bits per heavy atom. The molecule has 0 aromatic carbocycles. The van der Waals surface area contributed by atoms with Gasteiger partial charge in [0, 0.05) is 30.9 Å². The standard InChI is InChI=1S/C13H17N5O/c1-9-16-13(19-17-9)10-2-5-15-12(8-10)18-6-3-11(14)4-7-18/h2,5,8,11H,3-4,6-7,14H2,1H3. The van der Waals surface area contributed by atoms with Crippen LogP contribution in [0.5, 0.6) is 0 Å². The molecule has 0 radical (unpaired) electrons. The summed E-state index contributed by atoms with van der Waals surface area (Å²) in [5.41, 5.74) is 6.82. The van der Waals surface area contributed by atoms with Crippen molar-refractivity contribution < 1.29 is 4.52 Å². The van der Waals surface area contributed by atoms with Gasteiger partial charge in [-0.3, -0.25) is 0 Å². The molecule has 3 heterocycles. The van der Waals surface area contributed by atoms with Crippen LogP contribution in [0.25, 0.3) is 11.5 Å². The molecule has 1 aliphatic heterocycles. The van der Waals surface area contributed by atoms with Gasteiger partial charge in [0.15, 0.2) is 5.82 Å². The van der Waals surface area contributed by atoms with Gasteiger partial charge in [0.2, 0.25) is 0 Å². The summed E-state index contributed by atoms with van der Waals surface area (Å²) in [6.07, 6.45) is 3.79. The highest BCUT2D eigenvalue weighted by Gasteiger charge is 2.18.